The number of nitrogen functional groups attached to an aromatic ring is 1. The van der Waals surface area contributed by atoms with Crippen molar-refractivity contribution >= 4 is 5.69 Å². The van der Waals surface area contributed by atoms with Crippen molar-refractivity contribution in [2.75, 3.05) is 5.73 Å². The number of nitrogens with two attached hydrogens (primary N) is 1. The molecule has 2 heterocycles. The molecule has 0 unspecified atom stereocenters. The predicted octanol–water partition coefficient (Wildman–Crippen LogP) is 2.41. The highest BCUT2D eigenvalue weighted by atomic mass is 16.5. The van der Waals surface area contributed by atoms with E-state index in [4.69, 9.17) is 10.5 Å². The maximum absolute atomic E-state index is 5.73. The van der Waals surface area contributed by atoms with Crippen LogP contribution in [-0.2, 0) is 6.42 Å². The smallest absolute Gasteiger partial charge is 0.242 e. The second-order valence-electron chi connectivity index (χ2n) is 3.38. The van der Waals surface area contributed by atoms with E-state index in [2.05, 4.69) is 16.9 Å². The van der Waals surface area contributed by atoms with E-state index >= 15 is 0 Å². The monoisotopic (exact) mass is 215 g/mol. The minimum Gasteiger partial charge on any atom is -0.435 e. The van der Waals surface area contributed by atoms with Crippen LogP contribution in [0.5, 0.6) is 11.6 Å². The average molecular weight is 215 g/mol. The van der Waals surface area contributed by atoms with E-state index in [0.29, 0.717) is 17.3 Å². The first-order valence-corrected chi connectivity index (χ1v) is 5.12. The Bertz CT molecular complexity index is 485. The normalized spacial score (nSPS) is 10.1. The maximum Gasteiger partial charge on any atom is 0.242 e. The third-order valence-electron chi connectivity index (χ3n) is 2.19. The number of nitrogens with zero attached hydrogens (tertiary/aromatic N) is 2. The first-order valence-electron chi connectivity index (χ1n) is 5.12. The zero-order valence-corrected chi connectivity index (χ0v) is 9.05. The van der Waals surface area contributed by atoms with Crippen molar-refractivity contribution in [3.8, 4) is 11.6 Å². The lowest BCUT2D eigenvalue weighted by molar-refractivity contribution is 0.462. The molecule has 2 aromatic rings. The van der Waals surface area contributed by atoms with Crippen molar-refractivity contribution in [2.45, 2.75) is 13.3 Å². The molecule has 0 aliphatic heterocycles. The number of aryl methyl sites for hydroxylation is 1. The number of anilines is 1. The van der Waals surface area contributed by atoms with E-state index in [0.717, 1.165) is 12.0 Å². The molecule has 2 aromatic heterocycles. The summed E-state index contributed by atoms with van der Waals surface area (Å²) in [5, 5.41) is 0. The molecule has 2 rings (SSSR count). The highest BCUT2D eigenvalue weighted by Crippen LogP contribution is 2.24. The van der Waals surface area contributed by atoms with Gasteiger partial charge in [0.05, 0.1) is 11.9 Å². The third kappa shape index (κ3) is 2.28. The SMILES string of the molecule is CCc1cncc(Oc2ncccc2N)c1. The Hall–Kier alpha value is -2.10. The fourth-order valence-corrected chi connectivity index (χ4v) is 1.31. The number of hydrogen-bond donors (Lipinski definition) is 1. The molecule has 0 aliphatic carbocycles. The highest BCUT2D eigenvalue weighted by Gasteiger charge is 2.03. The molecular weight excluding hydrogens is 202 g/mol. The number of rotatable bonds is 3. The van der Waals surface area contributed by atoms with Crippen molar-refractivity contribution in [1.82, 2.24) is 9.97 Å². The van der Waals surface area contributed by atoms with Gasteiger partial charge in [-0.1, -0.05) is 6.92 Å². The molecule has 16 heavy (non-hydrogen) atoms. The van der Waals surface area contributed by atoms with Crippen LogP contribution in [0.15, 0.2) is 36.8 Å². The molecule has 0 saturated heterocycles. The Morgan fingerprint density at radius 3 is 3.00 bits per heavy atom. The number of hydrogen-bond acceptors (Lipinski definition) is 4. The van der Waals surface area contributed by atoms with Crippen molar-refractivity contribution in [1.29, 1.82) is 0 Å². The van der Waals surface area contributed by atoms with E-state index in [-0.39, 0.29) is 0 Å². The summed E-state index contributed by atoms with van der Waals surface area (Å²) < 4.78 is 5.55. The molecule has 0 atom stereocenters. The fourth-order valence-electron chi connectivity index (χ4n) is 1.31. The molecule has 4 heteroatoms. The van der Waals surface area contributed by atoms with Gasteiger partial charge in [0, 0.05) is 12.4 Å². The zero-order valence-electron chi connectivity index (χ0n) is 9.05. The largest absolute Gasteiger partial charge is 0.435 e. The Balaban J connectivity index is 2.24. The van der Waals surface area contributed by atoms with Gasteiger partial charge in [-0.05, 0) is 30.2 Å². The number of pyridine rings is 2. The molecule has 0 bridgehead atoms. The van der Waals surface area contributed by atoms with Gasteiger partial charge in [0.1, 0.15) is 5.75 Å². The maximum atomic E-state index is 5.73. The first kappa shape index (κ1) is 10.4. The molecule has 2 N–H and O–H groups in total. The predicted molar refractivity (Wildman–Crippen MR) is 62.3 cm³/mol. The van der Waals surface area contributed by atoms with E-state index < -0.39 is 0 Å². The molecule has 0 aromatic carbocycles. The Morgan fingerprint density at radius 2 is 2.25 bits per heavy atom. The van der Waals surface area contributed by atoms with Gasteiger partial charge < -0.3 is 10.5 Å². The van der Waals surface area contributed by atoms with E-state index in [1.807, 2.05) is 12.3 Å². The molecule has 0 fully saturated rings. The van der Waals surface area contributed by atoms with Gasteiger partial charge in [0.25, 0.3) is 0 Å². The average Bonchev–Trinajstić information content (AvgIpc) is 2.32. The summed E-state index contributed by atoms with van der Waals surface area (Å²) in [6, 6.07) is 5.45. The standard InChI is InChI=1S/C12H13N3O/c1-2-9-6-10(8-14-7-9)16-12-11(13)4-3-5-15-12/h3-8H,2,13H2,1H3. The lowest BCUT2D eigenvalue weighted by atomic mass is 10.2. The van der Waals surface area contributed by atoms with Crippen LogP contribution < -0.4 is 10.5 Å². The minimum absolute atomic E-state index is 0.414. The second kappa shape index (κ2) is 4.61. The van der Waals surface area contributed by atoms with Crippen LogP contribution in [0.3, 0.4) is 0 Å². The van der Waals surface area contributed by atoms with E-state index in [9.17, 15) is 0 Å². The molecule has 4 nitrogen and oxygen atoms in total. The summed E-state index contributed by atoms with van der Waals surface area (Å²) in [7, 11) is 0. The lowest BCUT2D eigenvalue weighted by Gasteiger charge is -2.07. The topological polar surface area (TPSA) is 61.0 Å². The quantitative estimate of drug-likeness (QED) is 0.854. The van der Waals surface area contributed by atoms with Crippen LogP contribution in [0, 0.1) is 0 Å². The van der Waals surface area contributed by atoms with Gasteiger partial charge in [-0.2, -0.15) is 0 Å². The molecule has 82 valence electrons. The molecule has 0 saturated carbocycles. The van der Waals surface area contributed by atoms with Gasteiger partial charge in [-0.3, -0.25) is 4.98 Å². The van der Waals surface area contributed by atoms with Crippen LogP contribution in [0.4, 0.5) is 5.69 Å². The summed E-state index contributed by atoms with van der Waals surface area (Å²) >= 11 is 0. The van der Waals surface area contributed by atoms with Crippen LogP contribution in [0.2, 0.25) is 0 Å². The van der Waals surface area contributed by atoms with Gasteiger partial charge >= 0.3 is 0 Å². The van der Waals surface area contributed by atoms with Gasteiger partial charge in [-0.15, -0.1) is 0 Å². The lowest BCUT2D eigenvalue weighted by Crippen LogP contribution is -1.95. The van der Waals surface area contributed by atoms with Crippen LogP contribution in [0.25, 0.3) is 0 Å². The molecule has 0 radical (unpaired) electrons. The summed E-state index contributed by atoms with van der Waals surface area (Å²) in [6.07, 6.45) is 6.02. The fraction of sp³-hybridized carbons (Fsp3) is 0.167. The summed E-state index contributed by atoms with van der Waals surface area (Å²) in [5.74, 6) is 1.07. The molecule has 0 amide bonds. The van der Waals surface area contributed by atoms with Gasteiger partial charge in [0.2, 0.25) is 5.88 Å². The first-order chi connectivity index (χ1) is 7.79. The van der Waals surface area contributed by atoms with Gasteiger partial charge in [-0.25, -0.2) is 4.98 Å². The Morgan fingerprint density at radius 1 is 1.38 bits per heavy atom. The van der Waals surface area contributed by atoms with Crippen molar-refractivity contribution in [3.05, 3.63) is 42.4 Å². The van der Waals surface area contributed by atoms with Crippen molar-refractivity contribution < 1.29 is 4.74 Å². The van der Waals surface area contributed by atoms with Crippen LogP contribution in [0.1, 0.15) is 12.5 Å². The van der Waals surface area contributed by atoms with Crippen LogP contribution in [-0.4, -0.2) is 9.97 Å². The van der Waals surface area contributed by atoms with Crippen molar-refractivity contribution in [3.63, 3.8) is 0 Å². The third-order valence-corrected chi connectivity index (χ3v) is 2.19. The molecular formula is C12H13N3O. The summed E-state index contributed by atoms with van der Waals surface area (Å²) in [6.45, 7) is 2.07. The molecule has 0 aliphatic rings. The second-order valence-corrected chi connectivity index (χ2v) is 3.38. The number of ether oxygens (including phenoxy) is 1. The zero-order chi connectivity index (χ0) is 11.4. The Kier molecular flexibility index (Phi) is 3.00. The van der Waals surface area contributed by atoms with Crippen molar-refractivity contribution in [2.24, 2.45) is 0 Å². The Labute approximate surface area is 94.1 Å². The summed E-state index contributed by atoms with van der Waals surface area (Å²) in [5.41, 5.74) is 7.37. The minimum atomic E-state index is 0.414. The highest BCUT2D eigenvalue weighted by molar-refractivity contribution is 5.48. The van der Waals surface area contributed by atoms with E-state index in [1.165, 1.54) is 0 Å². The molecule has 0 spiro atoms. The van der Waals surface area contributed by atoms with Crippen LogP contribution >= 0.6 is 0 Å². The van der Waals surface area contributed by atoms with E-state index in [1.54, 1.807) is 24.5 Å². The van der Waals surface area contributed by atoms with Gasteiger partial charge in [0.15, 0.2) is 0 Å². The summed E-state index contributed by atoms with van der Waals surface area (Å²) in [4.78, 5) is 8.14. The number of aromatic nitrogens is 2.